The first kappa shape index (κ1) is 20.4. The Hall–Kier alpha value is -2.33. The van der Waals surface area contributed by atoms with Crippen molar-refractivity contribution < 1.29 is 9.53 Å². The van der Waals surface area contributed by atoms with Crippen molar-refractivity contribution >= 4 is 11.6 Å². The number of rotatable bonds is 7. The Bertz CT molecular complexity index is 750. The molecule has 1 heterocycles. The van der Waals surface area contributed by atoms with Crippen LogP contribution in [0.15, 0.2) is 54.6 Å². The Labute approximate surface area is 168 Å². The standard InChI is InChI=1S/C24H32N2O2/c1-4-26(19(2)3)22-12-10-20(11-13-22)23(27)25-18-24(14-16-28-17-15-24)21-8-6-5-7-9-21/h5-13,19H,4,14-18H2,1-3H3,(H,25,27). The van der Waals surface area contributed by atoms with E-state index >= 15 is 0 Å². The number of hydrogen-bond donors (Lipinski definition) is 1. The zero-order valence-corrected chi connectivity index (χ0v) is 17.3. The zero-order valence-electron chi connectivity index (χ0n) is 17.3. The number of nitrogens with one attached hydrogen (secondary N) is 1. The molecule has 1 aliphatic rings. The van der Waals surface area contributed by atoms with Gasteiger partial charge in [-0.3, -0.25) is 4.79 Å². The topological polar surface area (TPSA) is 41.6 Å². The zero-order chi connectivity index (χ0) is 20.0. The molecule has 0 aliphatic carbocycles. The lowest BCUT2D eigenvalue weighted by atomic mass is 9.74. The van der Waals surface area contributed by atoms with Crippen LogP contribution in [-0.4, -0.2) is 38.3 Å². The first-order chi connectivity index (χ1) is 13.6. The number of carbonyl (C=O) groups is 1. The van der Waals surface area contributed by atoms with Gasteiger partial charge in [0.15, 0.2) is 0 Å². The van der Waals surface area contributed by atoms with Gasteiger partial charge in [-0.15, -0.1) is 0 Å². The summed E-state index contributed by atoms with van der Waals surface area (Å²) in [5.41, 5.74) is 3.09. The minimum absolute atomic E-state index is 0.0130. The molecule has 0 radical (unpaired) electrons. The van der Waals surface area contributed by atoms with Gasteiger partial charge in [0, 0.05) is 49.0 Å². The monoisotopic (exact) mass is 380 g/mol. The van der Waals surface area contributed by atoms with Gasteiger partial charge in [-0.05, 0) is 63.4 Å². The molecule has 1 saturated heterocycles. The molecule has 4 nitrogen and oxygen atoms in total. The number of anilines is 1. The van der Waals surface area contributed by atoms with Crippen LogP contribution in [0.4, 0.5) is 5.69 Å². The fourth-order valence-corrected chi connectivity index (χ4v) is 4.12. The SMILES string of the molecule is CCN(c1ccc(C(=O)NCC2(c3ccccc3)CCOCC2)cc1)C(C)C. The van der Waals surface area contributed by atoms with Crippen molar-refractivity contribution in [2.24, 2.45) is 0 Å². The Morgan fingerprint density at radius 1 is 1.07 bits per heavy atom. The van der Waals surface area contributed by atoms with E-state index in [9.17, 15) is 4.79 Å². The van der Waals surface area contributed by atoms with Crippen molar-refractivity contribution in [3.05, 3.63) is 65.7 Å². The minimum atomic E-state index is -0.0498. The quantitative estimate of drug-likeness (QED) is 0.774. The van der Waals surface area contributed by atoms with Crippen molar-refractivity contribution in [2.75, 3.05) is 31.2 Å². The fourth-order valence-electron chi connectivity index (χ4n) is 4.12. The smallest absolute Gasteiger partial charge is 0.251 e. The highest BCUT2D eigenvalue weighted by Crippen LogP contribution is 2.34. The Balaban J connectivity index is 1.70. The van der Waals surface area contributed by atoms with Crippen molar-refractivity contribution in [1.29, 1.82) is 0 Å². The van der Waals surface area contributed by atoms with E-state index in [1.54, 1.807) is 0 Å². The van der Waals surface area contributed by atoms with E-state index in [1.165, 1.54) is 5.56 Å². The number of benzene rings is 2. The van der Waals surface area contributed by atoms with Gasteiger partial charge in [0.05, 0.1) is 0 Å². The fraction of sp³-hybridized carbons (Fsp3) is 0.458. The van der Waals surface area contributed by atoms with Crippen LogP contribution in [0.3, 0.4) is 0 Å². The molecular weight excluding hydrogens is 348 g/mol. The molecule has 1 N–H and O–H groups in total. The number of carbonyl (C=O) groups excluding carboxylic acids is 1. The minimum Gasteiger partial charge on any atom is -0.381 e. The van der Waals surface area contributed by atoms with Crippen LogP contribution < -0.4 is 10.2 Å². The van der Waals surface area contributed by atoms with Crippen LogP contribution in [0, 0.1) is 0 Å². The van der Waals surface area contributed by atoms with Gasteiger partial charge in [-0.1, -0.05) is 30.3 Å². The number of ether oxygens (including phenoxy) is 1. The highest BCUT2D eigenvalue weighted by molar-refractivity contribution is 5.94. The molecule has 0 unspecified atom stereocenters. The molecule has 1 aliphatic heterocycles. The summed E-state index contributed by atoms with van der Waals surface area (Å²) in [7, 11) is 0. The first-order valence-corrected chi connectivity index (χ1v) is 10.3. The third kappa shape index (κ3) is 4.56. The maximum Gasteiger partial charge on any atom is 0.251 e. The van der Waals surface area contributed by atoms with Crippen molar-refractivity contribution in [3.63, 3.8) is 0 Å². The number of amides is 1. The molecule has 0 spiro atoms. The molecule has 4 heteroatoms. The normalized spacial score (nSPS) is 16.0. The summed E-state index contributed by atoms with van der Waals surface area (Å²) < 4.78 is 5.59. The Morgan fingerprint density at radius 2 is 1.71 bits per heavy atom. The van der Waals surface area contributed by atoms with E-state index < -0.39 is 0 Å². The van der Waals surface area contributed by atoms with Crippen molar-refractivity contribution in [2.45, 2.75) is 45.1 Å². The maximum atomic E-state index is 12.8. The molecule has 0 bridgehead atoms. The summed E-state index contributed by atoms with van der Waals surface area (Å²) in [4.78, 5) is 15.1. The van der Waals surface area contributed by atoms with E-state index in [-0.39, 0.29) is 11.3 Å². The van der Waals surface area contributed by atoms with Gasteiger partial charge in [-0.2, -0.15) is 0 Å². The average molecular weight is 381 g/mol. The highest BCUT2D eigenvalue weighted by atomic mass is 16.5. The first-order valence-electron chi connectivity index (χ1n) is 10.3. The van der Waals surface area contributed by atoms with Gasteiger partial charge >= 0.3 is 0 Å². The number of hydrogen-bond acceptors (Lipinski definition) is 3. The molecule has 0 aromatic heterocycles. The molecule has 28 heavy (non-hydrogen) atoms. The molecule has 2 aromatic rings. The van der Waals surface area contributed by atoms with Gasteiger partial charge < -0.3 is 15.0 Å². The summed E-state index contributed by atoms with van der Waals surface area (Å²) in [6.07, 6.45) is 1.85. The lowest BCUT2D eigenvalue weighted by Crippen LogP contribution is -2.44. The van der Waals surface area contributed by atoms with Crippen LogP contribution >= 0.6 is 0 Å². The maximum absolute atomic E-state index is 12.8. The van der Waals surface area contributed by atoms with Gasteiger partial charge in [0.2, 0.25) is 0 Å². The highest BCUT2D eigenvalue weighted by Gasteiger charge is 2.34. The second-order valence-electron chi connectivity index (χ2n) is 7.87. The summed E-state index contributed by atoms with van der Waals surface area (Å²) in [6.45, 7) is 9.57. The molecule has 1 fully saturated rings. The predicted octanol–water partition coefficient (Wildman–Crippen LogP) is 4.40. The third-order valence-corrected chi connectivity index (χ3v) is 5.85. The van der Waals surface area contributed by atoms with E-state index in [0.717, 1.165) is 38.3 Å². The van der Waals surface area contributed by atoms with E-state index in [0.29, 0.717) is 18.2 Å². The molecular formula is C24H32N2O2. The van der Waals surface area contributed by atoms with Gasteiger partial charge in [0.1, 0.15) is 0 Å². The van der Waals surface area contributed by atoms with Crippen LogP contribution in [0.25, 0.3) is 0 Å². The van der Waals surface area contributed by atoms with E-state index in [4.69, 9.17) is 4.74 Å². The summed E-state index contributed by atoms with van der Waals surface area (Å²) >= 11 is 0. The average Bonchev–Trinajstić information content (AvgIpc) is 2.74. The number of nitrogens with zero attached hydrogens (tertiary/aromatic N) is 1. The van der Waals surface area contributed by atoms with Crippen LogP contribution in [0.1, 0.15) is 49.5 Å². The molecule has 0 atom stereocenters. The second kappa shape index (κ2) is 9.24. The largest absolute Gasteiger partial charge is 0.381 e. The van der Waals surface area contributed by atoms with Crippen molar-refractivity contribution in [1.82, 2.24) is 5.32 Å². The van der Waals surface area contributed by atoms with Gasteiger partial charge in [-0.25, -0.2) is 0 Å². The van der Waals surface area contributed by atoms with Crippen LogP contribution in [0.5, 0.6) is 0 Å². The molecule has 2 aromatic carbocycles. The molecule has 150 valence electrons. The van der Waals surface area contributed by atoms with Crippen LogP contribution in [-0.2, 0) is 10.2 Å². The summed E-state index contributed by atoms with van der Waals surface area (Å²) in [6, 6.07) is 18.9. The second-order valence-corrected chi connectivity index (χ2v) is 7.87. The lowest BCUT2D eigenvalue weighted by Gasteiger charge is -2.38. The summed E-state index contributed by atoms with van der Waals surface area (Å²) in [5, 5.41) is 3.19. The molecule has 1 amide bonds. The van der Waals surface area contributed by atoms with E-state index in [1.807, 2.05) is 30.3 Å². The van der Waals surface area contributed by atoms with Crippen LogP contribution in [0.2, 0.25) is 0 Å². The van der Waals surface area contributed by atoms with Crippen molar-refractivity contribution in [3.8, 4) is 0 Å². The third-order valence-electron chi connectivity index (χ3n) is 5.85. The molecule has 0 saturated carbocycles. The Kier molecular flexibility index (Phi) is 6.74. The summed E-state index contributed by atoms with van der Waals surface area (Å²) in [5.74, 6) is -0.0130. The lowest BCUT2D eigenvalue weighted by molar-refractivity contribution is 0.0487. The van der Waals surface area contributed by atoms with E-state index in [2.05, 4.69) is 55.3 Å². The van der Waals surface area contributed by atoms with Gasteiger partial charge in [0.25, 0.3) is 5.91 Å². The Morgan fingerprint density at radius 3 is 2.29 bits per heavy atom. The molecule has 3 rings (SSSR count). The predicted molar refractivity (Wildman–Crippen MR) is 115 cm³/mol.